The number of carboxylic acids is 1. The van der Waals surface area contributed by atoms with E-state index in [1.807, 2.05) is 33.2 Å². The average molecular weight is 345 g/mol. The lowest BCUT2D eigenvalue weighted by atomic mass is 10.1. The molecular formula is C18H17ClN2O3. The summed E-state index contributed by atoms with van der Waals surface area (Å²) in [7, 11) is 3.63. The van der Waals surface area contributed by atoms with E-state index < -0.39 is 5.97 Å². The smallest absolute Gasteiger partial charge is 0.323 e. The van der Waals surface area contributed by atoms with E-state index in [1.165, 1.54) is 0 Å². The van der Waals surface area contributed by atoms with Crippen LogP contribution >= 0.6 is 11.6 Å². The number of hydrogen-bond acceptors (Lipinski definition) is 3. The Balaban J connectivity index is 2.65. The fraction of sp³-hybridized carbons (Fsp3) is 0.222. The first-order valence-corrected chi connectivity index (χ1v) is 7.83. The predicted molar refractivity (Wildman–Crippen MR) is 97.4 cm³/mol. The first kappa shape index (κ1) is 16.3. The van der Waals surface area contributed by atoms with Crippen molar-refractivity contribution in [1.29, 1.82) is 0 Å². The number of nitrogens with zero attached hydrogens (tertiary/aromatic N) is 2. The van der Waals surface area contributed by atoms with E-state index in [9.17, 15) is 14.7 Å². The predicted octanol–water partition coefficient (Wildman–Crippen LogP) is 3.27. The maximum absolute atomic E-state index is 12.9. The number of aromatic nitrogens is 1. The third-order valence-electron chi connectivity index (χ3n) is 4.05. The van der Waals surface area contributed by atoms with E-state index in [2.05, 4.69) is 0 Å². The fourth-order valence-electron chi connectivity index (χ4n) is 3.06. The molecule has 24 heavy (non-hydrogen) atoms. The molecule has 0 aliphatic heterocycles. The standard InChI is InChI=1S/C18H17ClN2O3/c1-10-4-5-11-14(8-10)21(9-15(22)23)16-12(18(11)24)6-7-13(19)17(16)20(2)3/h4-8H,9H2,1-3H3,(H,22,23). The van der Waals surface area contributed by atoms with Gasteiger partial charge in [-0.3, -0.25) is 9.59 Å². The molecule has 0 atom stereocenters. The van der Waals surface area contributed by atoms with Crippen molar-refractivity contribution in [3.05, 3.63) is 51.1 Å². The number of halogens is 1. The third-order valence-corrected chi connectivity index (χ3v) is 4.35. The van der Waals surface area contributed by atoms with Gasteiger partial charge in [0.25, 0.3) is 0 Å². The summed E-state index contributed by atoms with van der Waals surface area (Å²) >= 11 is 6.34. The summed E-state index contributed by atoms with van der Waals surface area (Å²) < 4.78 is 1.66. The highest BCUT2D eigenvalue weighted by molar-refractivity contribution is 6.35. The van der Waals surface area contributed by atoms with E-state index in [4.69, 9.17) is 11.6 Å². The van der Waals surface area contributed by atoms with Crippen molar-refractivity contribution in [3.8, 4) is 0 Å². The Bertz CT molecular complexity index is 1040. The van der Waals surface area contributed by atoms with Crippen LogP contribution in [0.5, 0.6) is 0 Å². The fourth-order valence-corrected chi connectivity index (χ4v) is 3.38. The molecule has 0 amide bonds. The maximum Gasteiger partial charge on any atom is 0.323 e. The van der Waals surface area contributed by atoms with Crippen LogP contribution < -0.4 is 10.3 Å². The van der Waals surface area contributed by atoms with Gasteiger partial charge in [0.1, 0.15) is 6.54 Å². The summed E-state index contributed by atoms with van der Waals surface area (Å²) in [6.07, 6.45) is 0. The van der Waals surface area contributed by atoms with Crippen LogP contribution in [0.4, 0.5) is 5.69 Å². The summed E-state index contributed by atoms with van der Waals surface area (Å²) in [5.41, 5.74) is 2.60. The van der Waals surface area contributed by atoms with Gasteiger partial charge in [-0.2, -0.15) is 0 Å². The zero-order valence-corrected chi connectivity index (χ0v) is 14.4. The molecule has 3 rings (SSSR count). The van der Waals surface area contributed by atoms with E-state index in [-0.39, 0.29) is 12.0 Å². The van der Waals surface area contributed by atoms with Crippen molar-refractivity contribution < 1.29 is 9.90 Å². The normalized spacial score (nSPS) is 11.2. The number of anilines is 1. The molecule has 6 heteroatoms. The molecule has 0 bridgehead atoms. The van der Waals surface area contributed by atoms with Gasteiger partial charge in [0.2, 0.25) is 0 Å². The molecule has 5 nitrogen and oxygen atoms in total. The minimum Gasteiger partial charge on any atom is -0.480 e. The topological polar surface area (TPSA) is 62.5 Å². The van der Waals surface area contributed by atoms with Crippen LogP contribution in [-0.4, -0.2) is 29.7 Å². The zero-order valence-electron chi connectivity index (χ0n) is 13.6. The van der Waals surface area contributed by atoms with Crippen LogP contribution in [0, 0.1) is 6.92 Å². The minimum atomic E-state index is -0.979. The van der Waals surface area contributed by atoms with Crippen molar-refractivity contribution >= 4 is 45.1 Å². The van der Waals surface area contributed by atoms with Gasteiger partial charge in [-0.15, -0.1) is 0 Å². The monoisotopic (exact) mass is 344 g/mol. The Morgan fingerprint density at radius 2 is 1.88 bits per heavy atom. The van der Waals surface area contributed by atoms with E-state index in [0.29, 0.717) is 32.5 Å². The molecule has 1 N–H and O–H groups in total. The lowest BCUT2D eigenvalue weighted by molar-refractivity contribution is -0.137. The minimum absolute atomic E-state index is 0.124. The summed E-state index contributed by atoms with van der Waals surface area (Å²) in [5.74, 6) is -0.979. The SMILES string of the molecule is Cc1ccc2c(=O)c3ccc(Cl)c(N(C)C)c3n(CC(=O)O)c2c1. The third kappa shape index (κ3) is 2.51. The number of aliphatic carboxylic acids is 1. The molecular weight excluding hydrogens is 328 g/mol. The van der Waals surface area contributed by atoms with Crippen LogP contribution in [0.15, 0.2) is 35.1 Å². The zero-order chi connectivity index (χ0) is 17.6. The summed E-state index contributed by atoms with van der Waals surface area (Å²) in [5, 5.41) is 10.8. The van der Waals surface area contributed by atoms with Crippen molar-refractivity contribution in [2.75, 3.05) is 19.0 Å². The summed E-state index contributed by atoms with van der Waals surface area (Å²) in [4.78, 5) is 26.1. The molecule has 1 heterocycles. The molecule has 1 aromatic heterocycles. The van der Waals surface area contributed by atoms with E-state index in [1.54, 1.807) is 27.7 Å². The number of benzene rings is 2. The van der Waals surface area contributed by atoms with Crippen LogP contribution in [0.25, 0.3) is 21.8 Å². The van der Waals surface area contributed by atoms with Crippen molar-refractivity contribution in [2.24, 2.45) is 0 Å². The molecule has 0 saturated carbocycles. The van der Waals surface area contributed by atoms with Gasteiger partial charge in [-0.05, 0) is 36.8 Å². The van der Waals surface area contributed by atoms with Gasteiger partial charge in [-0.25, -0.2) is 0 Å². The molecule has 0 spiro atoms. The quantitative estimate of drug-likeness (QED) is 0.741. The van der Waals surface area contributed by atoms with E-state index in [0.717, 1.165) is 5.56 Å². The van der Waals surface area contributed by atoms with Gasteiger partial charge in [0.05, 0.1) is 21.7 Å². The summed E-state index contributed by atoms with van der Waals surface area (Å²) in [6, 6.07) is 8.76. The number of fused-ring (bicyclic) bond motifs is 2. The lowest BCUT2D eigenvalue weighted by Gasteiger charge is -2.22. The second kappa shape index (κ2) is 5.83. The maximum atomic E-state index is 12.9. The Labute approximate surface area is 143 Å². The molecule has 3 aromatic rings. The van der Waals surface area contributed by atoms with Gasteiger partial charge >= 0.3 is 5.97 Å². The molecule has 0 unspecified atom stereocenters. The largest absolute Gasteiger partial charge is 0.480 e. The first-order valence-electron chi connectivity index (χ1n) is 7.45. The van der Waals surface area contributed by atoms with Crippen LogP contribution in [0.1, 0.15) is 5.56 Å². The van der Waals surface area contributed by atoms with E-state index >= 15 is 0 Å². The number of hydrogen-bond donors (Lipinski definition) is 1. The van der Waals surface area contributed by atoms with Crippen molar-refractivity contribution in [1.82, 2.24) is 4.57 Å². The second-order valence-corrected chi connectivity index (χ2v) is 6.42. The molecule has 0 fully saturated rings. The molecule has 0 aliphatic carbocycles. The first-order chi connectivity index (χ1) is 11.3. The number of rotatable bonds is 3. The number of aryl methyl sites for hydroxylation is 1. The lowest BCUT2D eigenvalue weighted by Crippen LogP contribution is -2.19. The number of pyridine rings is 1. The van der Waals surface area contributed by atoms with Gasteiger partial charge < -0.3 is 14.6 Å². The average Bonchev–Trinajstić information content (AvgIpc) is 2.50. The Hall–Kier alpha value is -2.53. The highest BCUT2D eigenvalue weighted by atomic mass is 35.5. The Kier molecular flexibility index (Phi) is 3.97. The highest BCUT2D eigenvalue weighted by Crippen LogP contribution is 2.34. The Morgan fingerprint density at radius 3 is 2.50 bits per heavy atom. The van der Waals surface area contributed by atoms with Crippen molar-refractivity contribution in [2.45, 2.75) is 13.5 Å². The Morgan fingerprint density at radius 1 is 1.21 bits per heavy atom. The second-order valence-electron chi connectivity index (χ2n) is 6.02. The van der Waals surface area contributed by atoms with Gasteiger partial charge in [-0.1, -0.05) is 17.7 Å². The number of carbonyl (C=O) groups is 1. The van der Waals surface area contributed by atoms with Gasteiger partial charge in [0, 0.05) is 24.9 Å². The summed E-state index contributed by atoms with van der Waals surface area (Å²) in [6.45, 7) is 1.65. The molecule has 0 aliphatic rings. The van der Waals surface area contributed by atoms with Gasteiger partial charge in [0.15, 0.2) is 5.43 Å². The van der Waals surface area contributed by atoms with Crippen LogP contribution in [0.2, 0.25) is 5.02 Å². The molecule has 0 saturated heterocycles. The molecule has 0 radical (unpaired) electrons. The highest BCUT2D eigenvalue weighted by Gasteiger charge is 2.18. The number of carboxylic acid groups (broad SMARTS) is 1. The van der Waals surface area contributed by atoms with Crippen LogP contribution in [0.3, 0.4) is 0 Å². The van der Waals surface area contributed by atoms with Crippen molar-refractivity contribution in [3.63, 3.8) is 0 Å². The van der Waals surface area contributed by atoms with Crippen LogP contribution in [-0.2, 0) is 11.3 Å². The molecule has 2 aromatic carbocycles. The molecule has 124 valence electrons.